The first-order chi connectivity index (χ1) is 18.8. The first-order valence-corrected chi connectivity index (χ1v) is 16.9. The average Bonchev–Trinajstić information content (AvgIpc) is 2.91. The first kappa shape index (κ1) is 37.9. The molecule has 0 aliphatic carbocycles. The zero-order valence-electron chi connectivity index (χ0n) is 27.1. The van der Waals surface area contributed by atoms with Crippen molar-refractivity contribution in [2.75, 3.05) is 27.2 Å². The SMILES string of the molecule is CCCCCCCCCC(=O)OC(CCN(C)C)C(C)COC(=O)C(CCCCCCC)CCCCCCC. The van der Waals surface area contributed by atoms with Gasteiger partial charge in [0.05, 0.1) is 12.5 Å². The first-order valence-electron chi connectivity index (χ1n) is 16.9. The summed E-state index contributed by atoms with van der Waals surface area (Å²) in [5.74, 6) is -0.168. The van der Waals surface area contributed by atoms with Crippen molar-refractivity contribution in [3.63, 3.8) is 0 Å². The molecule has 0 aliphatic rings. The molecule has 0 fully saturated rings. The van der Waals surface area contributed by atoms with Crippen LogP contribution < -0.4 is 0 Å². The molecule has 0 bridgehead atoms. The molecule has 0 N–H and O–H groups in total. The fraction of sp³-hybridized carbons (Fsp3) is 0.941. The Hall–Kier alpha value is -1.10. The van der Waals surface area contributed by atoms with Gasteiger partial charge in [0.15, 0.2) is 0 Å². The second-order valence-electron chi connectivity index (χ2n) is 12.2. The van der Waals surface area contributed by atoms with Crippen LogP contribution in [0.15, 0.2) is 0 Å². The fourth-order valence-electron chi connectivity index (χ4n) is 5.11. The van der Waals surface area contributed by atoms with Gasteiger partial charge in [0.25, 0.3) is 0 Å². The molecule has 0 radical (unpaired) electrons. The van der Waals surface area contributed by atoms with E-state index in [0.29, 0.717) is 13.0 Å². The molecule has 0 aliphatic heterocycles. The van der Waals surface area contributed by atoms with Crippen molar-refractivity contribution in [1.29, 1.82) is 0 Å². The maximum atomic E-state index is 13.1. The van der Waals surface area contributed by atoms with Gasteiger partial charge in [-0.15, -0.1) is 0 Å². The summed E-state index contributed by atoms with van der Waals surface area (Å²) >= 11 is 0. The maximum Gasteiger partial charge on any atom is 0.308 e. The molecule has 0 rings (SSSR count). The Bertz CT molecular complexity index is 551. The summed E-state index contributed by atoms with van der Waals surface area (Å²) in [6.07, 6.45) is 23.3. The highest BCUT2D eigenvalue weighted by molar-refractivity contribution is 5.72. The molecule has 5 heteroatoms. The van der Waals surface area contributed by atoms with Gasteiger partial charge in [0.2, 0.25) is 0 Å². The highest BCUT2D eigenvalue weighted by atomic mass is 16.6. The maximum absolute atomic E-state index is 13.1. The molecule has 232 valence electrons. The van der Waals surface area contributed by atoms with Gasteiger partial charge in [-0.1, -0.05) is 130 Å². The van der Waals surface area contributed by atoms with Crippen molar-refractivity contribution in [2.45, 2.75) is 169 Å². The Morgan fingerprint density at radius 2 is 1.10 bits per heavy atom. The van der Waals surface area contributed by atoms with Crippen molar-refractivity contribution >= 4 is 11.9 Å². The molecule has 0 saturated heterocycles. The quantitative estimate of drug-likeness (QED) is 0.0713. The average molecular weight is 554 g/mol. The van der Waals surface area contributed by atoms with E-state index in [1.165, 1.54) is 83.5 Å². The van der Waals surface area contributed by atoms with Crippen molar-refractivity contribution in [3.05, 3.63) is 0 Å². The number of carbonyl (C=O) groups excluding carboxylic acids is 2. The molecular weight excluding hydrogens is 486 g/mol. The third kappa shape index (κ3) is 23.3. The summed E-state index contributed by atoms with van der Waals surface area (Å²) in [6, 6.07) is 0. The second kappa shape index (κ2) is 27.1. The van der Waals surface area contributed by atoms with Crippen molar-refractivity contribution in [3.8, 4) is 0 Å². The van der Waals surface area contributed by atoms with Gasteiger partial charge in [0.1, 0.15) is 6.10 Å². The molecule has 0 amide bonds. The largest absolute Gasteiger partial charge is 0.465 e. The lowest BCUT2D eigenvalue weighted by molar-refractivity contribution is -0.157. The van der Waals surface area contributed by atoms with E-state index < -0.39 is 0 Å². The summed E-state index contributed by atoms with van der Waals surface area (Å²) in [5.41, 5.74) is 0. The minimum Gasteiger partial charge on any atom is -0.465 e. The lowest BCUT2D eigenvalue weighted by Gasteiger charge is -2.26. The standard InChI is InChI=1S/C34H67NO4/c1-7-10-13-16-17-20-23-26-33(36)39-32(27-28-35(5)6)30(4)29-38-34(37)31(24-21-18-14-11-8-2)25-22-19-15-12-9-3/h30-32H,7-29H2,1-6H3. The van der Waals surface area contributed by atoms with Crippen LogP contribution in [0.25, 0.3) is 0 Å². The number of ether oxygens (including phenoxy) is 2. The molecule has 0 heterocycles. The van der Waals surface area contributed by atoms with Crippen LogP contribution in [0.1, 0.15) is 163 Å². The Morgan fingerprint density at radius 1 is 0.641 bits per heavy atom. The van der Waals surface area contributed by atoms with E-state index >= 15 is 0 Å². The Morgan fingerprint density at radius 3 is 1.59 bits per heavy atom. The van der Waals surface area contributed by atoms with Crippen LogP contribution in [0.5, 0.6) is 0 Å². The Kier molecular flexibility index (Phi) is 26.3. The Labute approximate surface area is 243 Å². The van der Waals surface area contributed by atoms with Gasteiger partial charge >= 0.3 is 11.9 Å². The van der Waals surface area contributed by atoms with E-state index in [-0.39, 0.29) is 29.9 Å². The number of unbranched alkanes of at least 4 members (excludes halogenated alkanes) is 14. The normalized spacial score (nSPS) is 13.1. The number of rotatable bonds is 28. The molecule has 0 aromatic heterocycles. The predicted molar refractivity (Wildman–Crippen MR) is 166 cm³/mol. The minimum absolute atomic E-state index is 0.000514. The summed E-state index contributed by atoms with van der Waals surface area (Å²) in [4.78, 5) is 27.9. The van der Waals surface area contributed by atoms with E-state index in [2.05, 4.69) is 32.6 Å². The van der Waals surface area contributed by atoms with E-state index in [9.17, 15) is 9.59 Å². The summed E-state index contributed by atoms with van der Waals surface area (Å²) in [5, 5.41) is 0. The third-order valence-electron chi connectivity index (χ3n) is 7.90. The highest BCUT2D eigenvalue weighted by Crippen LogP contribution is 2.22. The van der Waals surface area contributed by atoms with E-state index in [4.69, 9.17) is 9.47 Å². The lowest BCUT2D eigenvalue weighted by atomic mass is 9.94. The molecule has 2 unspecified atom stereocenters. The smallest absolute Gasteiger partial charge is 0.308 e. The molecule has 0 aromatic carbocycles. The van der Waals surface area contributed by atoms with Crippen molar-refractivity contribution in [1.82, 2.24) is 4.90 Å². The molecule has 0 saturated carbocycles. The second-order valence-corrected chi connectivity index (χ2v) is 12.2. The molecule has 39 heavy (non-hydrogen) atoms. The van der Waals surface area contributed by atoms with Gasteiger partial charge in [-0.05, 0) is 39.8 Å². The zero-order valence-corrected chi connectivity index (χ0v) is 27.1. The van der Waals surface area contributed by atoms with Gasteiger partial charge < -0.3 is 14.4 Å². The van der Waals surface area contributed by atoms with Crippen molar-refractivity contribution in [2.24, 2.45) is 11.8 Å². The third-order valence-corrected chi connectivity index (χ3v) is 7.90. The van der Waals surface area contributed by atoms with Crippen LogP contribution in [0, 0.1) is 11.8 Å². The number of hydrogen-bond donors (Lipinski definition) is 0. The number of carbonyl (C=O) groups is 2. The summed E-state index contributed by atoms with van der Waals surface area (Å²) < 4.78 is 11.8. The zero-order chi connectivity index (χ0) is 29.1. The highest BCUT2D eigenvalue weighted by Gasteiger charge is 2.25. The van der Waals surface area contributed by atoms with Gasteiger partial charge in [-0.2, -0.15) is 0 Å². The monoisotopic (exact) mass is 554 g/mol. The fourth-order valence-corrected chi connectivity index (χ4v) is 5.11. The summed E-state index contributed by atoms with van der Waals surface area (Å²) in [7, 11) is 4.07. The Balaban J connectivity index is 4.75. The van der Waals surface area contributed by atoms with Gasteiger partial charge in [0, 0.05) is 18.9 Å². The van der Waals surface area contributed by atoms with Crippen LogP contribution in [0.4, 0.5) is 0 Å². The lowest BCUT2D eigenvalue weighted by Crippen LogP contribution is -2.33. The number of esters is 2. The minimum atomic E-state index is -0.223. The van der Waals surface area contributed by atoms with Crippen molar-refractivity contribution < 1.29 is 19.1 Å². The van der Waals surface area contributed by atoms with E-state index in [1.807, 2.05) is 14.1 Å². The number of nitrogens with zero attached hydrogens (tertiary/aromatic N) is 1. The van der Waals surface area contributed by atoms with Crippen LogP contribution in [0.2, 0.25) is 0 Å². The van der Waals surface area contributed by atoms with E-state index in [0.717, 1.165) is 51.5 Å². The molecule has 0 spiro atoms. The van der Waals surface area contributed by atoms with Crippen LogP contribution in [-0.2, 0) is 19.1 Å². The van der Waals surface area contributed by atoms with Gasteiger partial charge in [-0.25, -0.2) is 0 Å². The van der Waals surface area contributed by atoms with Crippen LogP contribution in [0.3, 0.4) is 0 Å². The van der Waals surface area contributed by atoms with Crippen LogP contribution in [-0.4, -0.2) is 50.2 Å². The van der Waals surface area contributed by atoms with Crippen LogP contribution >= 0.6 is 0 Å². The predicted octanol–water partition coefficient (Wildman–Crippen LogP) is 9.51. The molecule has 0 aromatic rings. The van der Waals surface area contributed by atoms with Gasteiger partial charge in [-0.3, -0.25) is 9.59 Å². The molecule has 2 atom stereocenters. The van der Waals surface area contributed by atoms with E-state index in [1.54, 1.807) is 0 Å². The summed E-state index contributed by atoms with van der Waals surface area (Å²) in [6.45, 7) is 9.91. The number of hydrogen-bond acceptors (Lipinski definition) is 5. The topological polar surface area (TPSA) is 55.8 Å². The molecule has 5 nitrogen and oxygen atoms in total. The molecular formula is C34H67NO4.